The van der Waals surface area contributed by atoms with E-state index >= 15 is 0 Å². The van der Waals surface area contributed by atoms with Gasteiger partial charge < -0.3 is 20.9 Å². The molecule has 152 valence electrons. The molecule has 0 aromatic heterocycles. The Hall–Kier alpha value is -1.02. The smallest absolute Gasteiger partial charge is 0.193 e. The maximum absolute atomic E-state index is 11.6. The van der Waals surface area contributed by atoms with Crippen LogP contribution >= 0.6 is 24.0 Å². The van der Waals surface area contributed by atoms with Crippen molar-refractivity contribution in [2.45, 2.75) is 38.4 Å². The molecule has 0 spiro atoms. The number of nitrogens with two attached hydrogens (primary N) is 1. The van der Waals surface area contributed by atoms with Crippen LogP contribution in [0.3, 0.4) is 0 Å². The lowest BCUT2D eigenvalue weighted by molar-refractivity contribution is -0.123. The third-order valence-corrected chi connectivity index (χ3v) is 8.52. The predicted molar refractivity (Wildman–Crippen MR) is 120 cm³/mol. The van der Waals surface area contributed by atoms with Gasteiger partial charge in [0, 0.05) is 5.69 Å². The Morgan fingerprint density at radius 3 is 2.54 bits per heavy atom. The predicted octanol–water partition coefficient (Wildman–Crippen LogP) is 3.33. The minimum atomic E-state index is -0.605. The summed E-state index contributed by atoms with van der Waals surface area (Å²) in [5.74, 6) is 7.19. The van der Waals surface area contributed by atoms with E-state index in [0.29, 0.717) is 24.3 Å². The first-order valence-electron chi connectivity index (χ1n) is 10.5. The Bertz CT molecular complexity index is 807. The fraction of sp³-hybridized carbons (Fsp3) is 0.682. The molecule has 0 saturated heterocycles. The van der Waals surface area contributed by atoms with Gasteiger partial charge in [-0.3, -0.25) is 4.99 Å². The SMILES string of the molecule is CC(C)Oc1ccc(NC(N)=NCC2(O)C3C4CC5C6C4CC3C6C52)cc1.I. The van der Waals surface area contributed by atoms with Gasteiger partial charge in [0.25, 0.3) is 0 Å². The highest BCUT2D eigenvalue weighted by molar-refractivity contribution is 14.0. The van der Waals surface area contributed by atoms with Gasteiger partial charge in [0.1, 0.15) is 5.75 Å². The number of benzene rings is 1. The highest BCUT2D eigenvalue weighted by Gasteiger charge is 2.84. The number of nitrogens with zero attached hydrogens (tertiary/aromatic N) is 1. The Morgan fingerprint density at radius 2 is 1.82 bits per heavy atom. The Morgan fingerprint density at radius 1 is 1.14 bits per heavy atom. The van der Waals surface area contributed by atoms with Crippen molar-refractivity contribution >= 4 is 35.6 Å². The van der Waals surface area contributed by atoms with Crippen molar-refractivity contribution in [2.75, 3.05) is 11.9 Å². The van der Waals surface area contributed by atoms with E-state index in [-0.39, 0.29) is 30.1 Å². The van der Waals surface area contributed by atoms with Gasteiger partial charge >= 0.3 is 0 Å². The van der Waals surface area contributed by atoms with Crippen molar-refractivity contribution in [1.29, 1.82) is 0 Å². The average Bonchev–Trinajstić information content (AvgIpc) is 3.13. The molecule has 9 unspecified atom stereocenters. The van der Waals surface area contributed by atoms with Crippen molar-refractivity contribution < 1.29 is 9.84 Å². The highest BCUT2D eigenvalue weighted by atomic mass is 127. The molecule has 1 aromatic rings. The van der Waals surface area contributed by atoms with E-state index in [2.05, 4.69) is 10.3 Å². The quantitative estimate of drug-likeness (QED) is 0.333. The number of halogens is 1. The third-order valence-electron chi connectivity index (χ3n) is 8.52. The van der Waals surface area contributed by atoms with Crippen LogP contribution in [0.15, 0.2) is 29.3 Å². The van der Waals surface area contributed by atoms with Crippen LogP contribution < -0.4 is 15.8 Å². The molecule has 5 aliphatic rings. The van der Waals surface area contributed by atoms with Crippen molar-refractivity contribution in [3.8, 4) is 5.75 Å². The summed E-state index contributed by atoms with van der Waals surface area (Å²) in [6, 6.07) is 7.74. The fourth-order valence-corrected chi connectivity index (χ4v) is 8.22. The number of rotatable bonds is 5. The molecule has 28 heavy (non-hydrogen) atoms. The van der Waals surface area contributed by atoms with E-state index in [1.54, 1.807) is 0 Å². The number of nitrogens with one attached hydrogen (secondary N) is 1. The number of ether oxygens (including phenoxy) is 1. The molecule has 0 heterocycles. The minimum Gasteiger partial charge on any atom is -0.491 e. The van der Waals surface area contributed by atoms with Crippen LogP contribution in [0.5, 0.6) is 5.75 Å². The zero-order valence-electron chi connectivity index (χ0n) is 16.4. The van der Waals surface area contributed by atoms with E-state index in [1.807, 2.05) is 38.1 Å². The maximum atomic E-state index is 11.6. The number of hydrogen-bond donors (Lipinski definition) is 3. The van der Waals surface area contributed by atoms with Gasteiger partial charge in [-0.05, 0) is 98.3 Å². The topological polar surface area (TPSA) is 79.9 Å². The first-order chi connectivity index (χ1) is 13.0. The molecule has 9 atom stereocenters. The Balaban J connectivity index is 0.00000171. The van der Waals surface area contributed by atoms with Gasteiger partial charge in [0.05, 0.1) is 18.2 Å². The first-order valence-corrected chi connectivity index (χ1v) is 10.5. The van der Waals surface area contributed by atoms with Crippen LogP contribution in [-0.2, 0) is 0 Å². The van der Waals surface area contributed by atoms with Crippen LogP contribution in [0.4, 0.5) is 5.69 Å². The molecule has 0 amide bonds. The third kappa shape index (κ3) is 2.30. The summed E-state index contributed by atoms with van der Waals surface area (Å²) in [6.45, 7) is 4.48. The second-order valence-corrected chi connectivity index (χ2v) is 9.84. The molecular formula is C22H30IN3O2. The second kappa shape index (κ2) is 6.24. The number of fused-ring (bicyclic) bond motifs is 2. The first kappa shape index (κ1) is 19.0. The largest absolute Gasteiger partial charge is 0.491 e. The number of hydrogen-bond acceptors (Lipinski definition) is 3. The lowest BCUT2D eigenvalue weighted by atomic mass is 9.56. The van der Waals surface area contributed by atoms with Gasteiger partial charge in [0.15, 0.2) is 5.96 Å². The van der Waals surface area contributed by atoms with E-state index in [9.17, 15) is 5.11 Å². The highest BCUT2D eigenvalue weighted by Crippen LogP contribution is 2.85. The normalized spacial score (nSPS) is 46.1. The summed E-state index contributed by atoms with van der Waals surface area (Å²) in [4.78, 5) is 4.59. The van der Waals surface area contributed by atoms with Crippen LogP contribution in [0, 0.1) is 47.3 Å². The van der Waals surface area contributed by atoms with Crippen molar-refractivity contribution in [3.05, 3.63) is 24.3 Å². The number of aliphatic imine (C=N–C) groups is 1. The molecule has 4 N–H and O–H groups in total. The number of anilines is 1. The summed E-state index contributed by atoms with van der Waals surface area (Å²) in [5, 5.41) is 14.8. The maximum Gasteiger partial charge on any atom is 0.193 e. The average molecular weight is 495 g/mol. The van der Waals surface area contributed by atoms with Crippen LogP contribution in [0.2, 0.25) is 0 Å². The fourth-order valence-electron chi connectivity index (χ4n) is 8.22. The molecule has 6 rings (SSSR count). The molecule has 5 aliphatic carbocycles. The molecule has 6 heteroatoms. The molecular weight excluding hydrogens is 465 g/mol. The summed E-state index contributed by atoms with van der Waals surface area (Å²) >= 11 is 0. The minimum absolute atomic E-state index is 0. The lowest BCUT2D eigenvalue weighted by Gasteiger charge is -2.51. The van der Waals surface area contributed by atoms with Gasteiger partial charge in [-0.15, -0.1) is 24.0 Å². The van der Waals surface area contributed by atoms with Crippen LogP contribution in [0.25, 0.3) is 0 Å². The van der Waals surface area contributed by atoms with E-state index in [1.165, 1.54) is 12.8 Å². The zero-order chi connectivity index (χ0) is 18.5. The Kier molecular flexibility index (Phi) is 4.23. The van der Waals surface area contributed by atoms with Gasteiger partial charge in [0.2, 0.25) is 0 Å². The molecule has 2 bridgehead atoms. The van der Waals surface area contributed by atoms with Crippen molar-refractivity contribution in [2.24, 2.45) is 58.1 Å². The molecule has 0 radical (unpaired) electrons. The summed E-state index contributed by atoms with van der Waals surface area (Å²) < 4.78 is 5.66. The standard InChI is InChI=1S/C22H29N3O2.HI/c1-10(2)27-12-5-3-11(4-6-12)25-21(23)24-9-22(26)19-14-8-15-17-13(14)7-16(19)18(17)20(15)22;/h3-6,10,13-20,26H,7-9H2,1-2H3,(H3,23,24,25);1H. The van der Waals surface area contributed by atoms with E-state index < -0.39 is 5.60 Å². The molecule has 1 aromatic carbocycles. The zero-order valence-corrected chi connectivity index (χ0v) is 18.7. The summed E-state index contributed by atoms with van der Waals surface area (Å²) in [7, 11) is 0. The summed E-state index contributed by atoms with van der Waals surface area (Å²) in [5.41, 5.74) is 6.43. The Labute approximate surface area is 183 Å². The van der Waals surface area contributed by atoms with Crippen molar-refractivity contribution in [3.63, 3.8) is 0 Å². The summed E-state index contributed by atoms with van der Waals surface area (Å²) in [6.07, 6.45) is 2.91. The monoisotopic (exact) mass is 495 g/mol. The molecule has 5 saturated carbocycles. The van der Waals surface area contributed by atoms with Crippen LogP contribution in [0.1, 0.15) is 26.7 Å². The number of aliphatic hydroxyl groups is 1. The van der Waals surface area contributed by atoms with Crippen LogP contribution in [-0.4, -0.2) is 29.3 Å². The number of guanidine groups is 1. The lowest BCUT2D eigenvalue weighted by Crippen LogP contribution is -2.56. The van der Waals surface area contributed by atoms with Crippen molar-refractivity contribution in [1.82, 2.24) is 0 Å². The molecule has 0 aliphatic heterocycles. The van der Waals surface area contributed by atoms with Gasteiger partial charge in [-0.2, -0.15) is 0 Å². The van der Waals surface area contributed by atoms with Gasteiger partial charge in [-0.25, -0.2) is 0 Å². The van der Waals surface area contributed by atoms with E-state index in [4.69, 9.17) is 10.5 Å². The molecule has 5 fully saturated rings. The second-order valence-electron chi connectivity index (χ2n) is 9.84. The molecule has 5 nitrogen and oxygen atoms in total. The van der Waals surface area contributed by atoms with E-state index in [0.717, 1.165) is 46.9 Å². The van der Waals surface area contributed by atoms with Gasteiger partial charge in [-0.1, -0.05) is 0 Å².